The van der Waals surface area contributed by atoms with Gasteiger partial charge in [-0.3, -0.25) is 9.97 Å². The van der Waals surface area contributed by atoms with Crippen LogP contribution in [0.15, 0.2) is 42.9 Å². The topological polar surface area (TPSA) is 41.0 Å². The molecule has 0 aliphatic carbocycles. The summed E-state index contributed by atoms with van der Waals surface area (Å²) in [4.78, 5) is 10.4. The van der Waals surface area contributed by atoms with E-state index in [2.05, 4.69) is 20.2 Å². The summed E-state index contributed by atoms with van der Waals surface area (Å²) in [5.74, 6) is 0. The zero-order chi connectivity index (χ0) is 17.2. The van der Waals surface area contributed by atoms with E-state index in [1.54, 1.807) is 18.6 Å². The van der Waals surface area contributed by atoms with Gasteiger partial charge in [0.15, 0.2) is 0 Å². The van der Waals surface area contributed by atoms with Crippen molar-refractivity contribution in [3.05, 3.63) is 54.1 Å². The Morgan fingerprint density at radius 3 is 2.58 bits per heavy atom. The van der Waals surface area contributed by atoms with Crippen LogP contribution in [0.3, 0.4) is 0 Å². The molecule has 0 amide bonds. The molecule has 1 aromatic heterocycles. The minimum absolute atomic E-state index is 0.0799. The van der Waals surface area contributed by atoms with E-state index >= 15 is 0 Å². The number of rotatable bonds is 4. The van der Waals surface area contributed by atoms with E-state index in [9.17, 15) is 13.2 Å². The van der Waals surface area contributed by atoms with Gasteiger partial charge in [-0.25, -0.2) is 0 Å². The number of nitrogens with zero attached hydrogens (tertiary/aromatic N) is 3. The first-order valence-corrected chi connectivity index (χ1v) is 7.87. The number of halogens is 3. The van der Waals surface area contributed by atoms with Gasteiger partial charge in [-0.05, 0) is 37.6 Å². The van der Waals surface area contributed by atoms with Crippen LogP contribution >= 0.6 is 0 Å². The van der Waals surface area contributed by atoms with E-state index in [1.165, 1.54) is 12.1 Å². The average molecular weight is 336 g/mol. The third-order valence-corrected chi connectivity index (χ3v) is 4.26. The molecule has 3 rings (SSSR count). The molecule has 0 unspecified atom stereocenters. The Morgan fingerprint density at radius 1 is 1.21 bits per heavy atom. The lowest BCUT2D eigenvalue weighted by atomic mass is 10.2. The second-order valence-electron chi connectivity index (χ2n) is 5.99. The van der Waals surface area contributed by atoms with Gasteiger partial charge in [-0.1, -0.05) is 0 Å². The van der Waals surface area contributed by atoms with Crippen LogP contribution in [0.1, 0.15) is 30.6 Å². The van der Waals surface area contributed by atoms with Crippen molar-refractivity contribution in [3.63, 3.8) is 0 Å². The molecular weight excluding hydrogens is 317 g/mol. The number of hydrogen-bond donors (Lipinski definition) is 1. The summed E-state index contributed by atoms with van der Waals surface area (Å²) in [6, 6.07) is 5.70. The van der Waals surface area contributed by atoms with Gasteiger partial charge in [-0.2, -0.15) is 13.2 Å². The van der Waals surface area contributed by atoms with Gasteiger partial charge in [-0.15, -0.1) is 0 Å². The summed E-state index contributed by atoms with van der Waals surface area (Å²) in [6.07, 6.45) is 1.68. The maximum Gasteiger partial charge on any atom is 0.416 e. The van der Waals surface area contributed by atoms with Crippen LogP contribution in [0.5, 0.6) is 0 Å². The fraction of sp³-hybridized carbons (Fsp3) is 0.412. The molecule has 2 aromatic rings. The summed E-state index contributed by atoms with van der Waals surface area (Å²) in [6.45, 7) is 3.61. The van der Waals surface area contributed by atoms with Crippen LogP contribution in [-0.2, 0) is 6.18 Å². The second kappa shape index (κ2) is 6.76. The molecule has 1 aromatic carbocycles. The van der Waals surface area contributed by atoms with Crippen molar-refractivity contribution in [2.24, 2.45) is 0 Å². The maximum atomic E-state index is 12.6. The highest BCUT2D eigenvalue weighted by Crippen LogP contribution is 2.31. The maximum absolute atomic E-state index is 12.6. The monoisotopic (exact) mass is 336 g/mol. The Hall–Kier alpha value is -2.15. The van der Waals surface area contributed by atoms with E-state index in [-0.39, 0.29) is 12.1 Å². The highest BCUT2D eigenvalue weighted by atomic mass is 19.4. The Balaban J connectivity index is 1.59. The van der Waals surface area contributed by atoms with Crippen LogP contribution in [0.25, 0.3) is 0 Å². The quantitative estimate of drug-likeness (QED) is 0.929. The summed E-state index contributed by atoms with van der Waals surface area (Å²) < 4.78 is 37.9. The van der Waals surface area contributed by atoms with Crippen LogP contribution in [-0.4, -0.2) is 29.1 Å². The SMILES string of the molecule is C[C@H](N[C@H]1CCN(c2ccc(C(F)(F)F)cc2)C1)c1cnccn1. The molecule has 2 atom stereocenters. The largest absolute Gasteiger partial charge is 0.416 e. The summed E-state index contributed by atoms with van der Waals surface area (Å²) >= 11 is 0. The van der Waals surface area contributed by atoms with Crippen LogP contribution in [0, 0.1) is 0 Å². The highest BCUT2D eigenvalue weighted by molar-refractivity contribution is 5.49. The molecule has 1 fully saturated rings. The first-order valence-electron chi connectivity index (χ1n) is 7.87. The van der Waals surface area contributed by atoms with Gasteiger partial charge in [0.25, 0.3) is 0 Å². The summed E-state index contributed by atoms with van der Waals surface area (Å²) in [7, 11) is 0. The molecule has 4 nitrogen and oxygen atoms in total. The molecule has 2 heterocycles. The fourth-order valence-electron chi connectivity index (χ4n) is 2.97. The predicted molar refractivity (Wildman–Crippen MR) is 85.6 cm³/mol. The summed E-state index contributed by atoms with van der Waals surface area (Å²) in [5, 5.41) is 3.51. The van der Waals surface area contributed by atoms with Crippen molar-refractivity contribution in [2.75, 3.05) is 18.0 Å². The van der Waals surface area contributed by atoms with Crippen LogP contribution in [0.4, 0.5) is 18.9 Å². The molecule has 1 N–H and O–H groups in total. The molecule has 1 aliphatic heterocycles. The van der Waals surface area contributed by atoms with Crippen molar-refractivity contribution >= 4 is 5.69 Å². The van der Waals surface area contributed by atoms with E-state index in [0.717, 1.165) is 43.0 Å². The van der Waals surface area contributed by atoms with E-state index in [4.69, 9.17) is 0 Å². The van der Waals surface area contributed by atoms with E-state index < -0.39 is 11.7 Å². The minimum Gasteiger partial charge on any atom is -0.370 e. The van der Waals surface area contributed by atoms with E-state index in [1.807, 2.05) is 6.92 Å². The zero-order valence-electron chi connectivity index (χ0n) is 13.3. The number of benzene rings is 1. The highest BCUT2D eigenvalue weighted by Gasteiger charge is 2.31. The van der Waals surface area contributed by atoms with Gasteiger partial charge < -0.3 is 10.2 Å². The number of aromatic nitrogens is 2. The smallest absolute Gasteiger partial charge is 0.370 e. The van der Waals surface area contributed by atoms with Gasteiger partial charge in [0.05, 0.1) is 11.3 Å². The molecule has 0 spiro atoms. The second-order valence-corrected chi connectivity index (χ2v) is 5.99. The van der Waals surface area contributed by atoms with Gasteiger partial charge in [0.1, 0.15) is 0 Å². The molecule has 1 saturated heterocycles. The van der Waals surface area contributed by atoms with Crippen molar-refractivity contribution in [2.45, 2.75) is 31.6 Å². The Labute approximate surface area is 138 Å². The average Bonchev–Trinajstić information content (AvgIpc) is 3.03. The van der Waals surface area contributed by atoms with Gasteiger partial charge in [0.2, 0.25) is 0 Å². The molecule has 24 heavy (non-hydrogen) atoms. The molecule has 128 valence electrons. The third-order valence-electron chi connectivity index (χ3n) is 4.26. The van der Waals surface area contributed by atoms with Crippen molar-refractivity contribution in [3.8, 4) is 0 Å². The van der Waals surface area contributed by atoms with Gasteiger partial charge >= 0.3 is 6.18 Å². The fourth-order valence-corrected chi connectivity index (χ4v) is 2.97. The lowest BCUT2D eigenvalue weighted by Gasteiger charge is -2.21. The zero-order valence-corrected chi connectivity index (χ0v) is 13.3. The molecule has 0 radical (unpaired) electrons. The number of hydrogen-bond acceptors (Lipinski definition) is 4. The summed E-state index contributed by atoms with van der Waals surface area (Å²) in [5.41, 5.74) is 1.08. The van der Waals surface area contributed by atoms with Crippen LogP contribution < -0.4 is 10.2 Å². The lowest BCUT2D eigenvalue weighted by molar-refractivity contribution is -0.137. The van der Waals surface area contributed by atoms with Gasteiger partial charge in [0, 0.05) is 49.5 Å². The van der Waals surface area contributed by atoms with Crippen molar-refractivity contribution < 1.29 is 13.2 Å². The van der Waals surface area contributed by atoms with Crippen molar-refractivity contribution in [1.82, 2.24) is 15.3 Å². The van der Waals surface area contributed by atoms with Crippen LogP contribution in [0.2, 0.25) is 0 Å². The Bertz CT molecular complexity index is 658. The number of nitrogens with one attached hydrogen (secondary N) is 1. The first-order chi connectivity index (χ1) is 11.4. The normalized spacial score (nSPS) is 19.5. The molecule has 0 saturated carbocycles. The first kappa shape index (κ1) is 16.7. The third kappa shape index (κ3) is 3.84. The molecule has 1 aliphatic rings. The lowest BCUT2D eigenvalue weighted by Crippen LogP contribution is -2.34. The minimum atomic E-state index is -4.29. The number of anilines is 1. The molecule has 7 heteroatoms. The Kier molecular flexibility index (Phi) is 4.71. The van der Waals surface area contributed by atoms with E-state index in [0.29, 0.717) is 0 Å². The molecule has 0 bridgehead atoms. The predicted octanol–water partition coefficient (Wildman–Crippen LogP) is 3.42. The molecular formula is C17H19F3N4. The number of alkyl halides is 3. The van der Waals surface area contributed by atoms with Crippen molar-refractivity contribution in [1.29, 1.82) is 0 Å². The Morgan fingerprint density at radius 2 is 1.96 bits per heavy atom. The standard InChI is InChI=1S/C17H19F3N4/c1-12(16-10-21-7-8-22-16)23-14-6-9-24(11-14)15-4-2-13(3-5-15)17(18,19)20/h2-5,7-8,10,12,14,23H,6,9,11H2,1H3/t12-,14-/m0/s1.